The monoisotopic (exact) mass is 374 g/mol. The summed E-state index contributed by atoms with van der Waals surface area (Å²) in [7, 11) is 0. The number of hydrogen-bond acceptors (Lipinski definition) is 6. The molecule has 3 saturated heterocycles. The predicted molar refractivity (Wildman–Crippen MR) is 102 cm³/mol. The van der Waals surface area contributed by atoms with E-state index >= 15 is 0 Å². The normalized spacial score (nSPS) is 31.6. The molecule has 1 spiro atoms. The van der Waals surface area contributed by atoms with Gasteiger partial charge in [-0.2, -0.15) is 0 Å². The maximum atomic E-state index is 11.9. The zero-order valence-electron chi connectivity index (χ0n) is 16.5. The predicted octanol–water partition coefficient (Wildman–Crippen LogP) is 1.74. The van der Waals surface area contributed by atoms with Gasteiger partial charge in [-0.05, 0) is 31.2 Å². The van der Waals surface area contributed by atoms with Gasteiger partial charge in [0.05, 0.1) is 18.2 Å². The molecule has 2 bridgehead atoms. The average molecular weight is 374 g/mol. The highest BCUT2D eigenvalue weighted by atomic mass is 16.5. The molecule has 1 aromatic heterocycles. The van der Waals surface area contributed by atoms with Crippen molar-refractivity contribution < 1.29 is 14.3 Å². The molecule has 1 amide bonds. The fourth-order valence-corrected chi connectivity index (χ4v) is 4.89. The fraction of sp³-hybridized carbons (Fsp3) is 0.750. The Bertz CT molecular complexity index is 680. The van der Waals surface area contributed by atoms with Crippen molar-refractivity contribution in [3.05, 3.63) is 18.0 Å². The van der Waals surface area contributed by atoms with Gasteiger partial charge in [-0.1, -0.05) is 13.8 Å². The molecule has 3 aliphatic heterocycles. The summed E-state index contributed by atoms with van der Waals surface area (Å²) in [5, 5.41) is 3.03. The van der Waals surface area contributed by atoms with Crippen LogP contribution in [0.1, 0.15) is 45.1 Å². The maximum absolute atomic E-state index is 11.9. The van der Waals surface area contributed by atoms with Gasteiger partial charge in [0.1, 0.15) is 6.61 Å². The summed E-state index contributed by atoms with van der Waals surface area (Å²) in [5.74, 6) is 1.94. The lowest BCUT2D eigenvalue weighted by molar-refractivity contribution is -0.125. The second-order valence-electron chi connectivity index (χ2n) is 8.32. The zero-order valence-corrected chi connectivity index (χ0v) is 16.5. The van der Waals surface area contributed by atoms with Gasteiger partial charge in [0.2, 0.25) is 11.9 Å². The van der Waals surface area contributed by atoms with Crippen LogP contribution in [0, 0.1) is 11.8 Å². The van der Waals surface area contributed by atoms with Crippen LogP contribution in [-0.2, 0) is 14.3 Å². The summed E-state index contributed by atoms with van der Waals surface area (Å²) in [6.07, 6.45) is 6.29. The van der Waals surface area contributed by atoms with Gasteiger partial charge >= 0.3 is 0 Å². The molecule has 4 rings (SSSR count). The molecule has 148 valence electrons. The molecule has 4 heterocycles. The molecule has 3 aliphatic rings. The summed E-state index contributed by atoms with van der Waals surface area (Å²) in [5.41, 5.74) is 1.06. The Kier molecular flexibility index (Phi) is 5.07. The number of amides is 1. The van der Waals surface area contributed by atoms with E-state index in [4.69, 9.17) is 9.47 Å². The van der Waals surface area contributed by atoms with E-state index in [0.717, 1.165) is 37.4 Å². The molecule has 1 N–H and O–H groups in total. The molecule has 27 heavy (non-hydrogen) atoms. The van der Waals surface area contributed by atoms with E-state index in [2.05, 4.69) is 34.0 Å². The molecule has 4 atom stereocenters. The number of hydrogen-bond donors (Lipinski definition) is 1. The van der Waals surface area contributed by atoms with Crippen molar-refractivity contribution >= 4 is 11.9 Å². The first kappa shape index (κ1) is 18.6. The quantitative estimate of drug-likeness (QED) is 0.783. The SMILES string of the molecule is CCOCC(=O)NC[C@H]1[C@H]2CN(c3ncc(C(C)C)cn3)C[C@]23CC[C@H]1O3. The van der Waals surface area contributed by atoms with Crippen molar-refractivity contribution in [2.24, 2.45) is 11.8 Å². The first-order valence-corrected chi connectivity index (χ1v) is 10.1. The Morgan fingerprint density at radius 1 is 1.44 bits per heavy atom. The van der Waals surface area contributed by atoms with Crippen molar-refractivity contribution in [3.63, 3.8) is 0 Å². The van der Waals surface area contributed by atoms with E-state index in [0.29, 0.717) is 30.9 Å². The van der Waals surface area contributed by atoms with Crippen LogP contribution in [-0.4, -0.2) is 60.4 Å². The molecular formula is C20H30N4O3. The third-order valence-electron chi connectivity index (χ3n) is 6.36. The maximum Gasteiger partial charge on any atom is 0.246 e. The van der Waals surface area contributed by atoms with Crippen molar-refractivity contribution in [1.82, 2.24) is 15.3 Å². The lowest BCUT2D eigenvalue weighted by Gasteiger charge is -2.29. The molecule has 0 aromatic carbocycles. The van der Waals surface area contributed by atoms with Crippen molar-refractivity contribution in [3.8, 4) is 0 Å². The average Bonchev–Trinajstić information content (AvgIpc) is 3.33. The minimum atomic E-state index is -0.0972. The highest BCUT2D eigenvalue weighted by Gasteiger charge is 2.63. The minimum absolute atomic E-state index is 0.0452. The largest absolute Gasteiger partial charge is 0.372 e. The number of aromatic nitrogens is 2. The van der Waals surface area contributed by atoms with Gasteiger partial charge in [0.25, 0.3) is 0 Å². The molecule has 0 saturated carbocycles. The van der Waals surface area contributed by atoms with Gasteiger partial charge < -0.3 is 19.7 Å². The Morgan fingerprint density at radius 3 is 2.93 bits per heavy atom. The smallest absolute Gasteiger partial charge is 0.246 e. The number of anilines is 1. The van der Waals surface area contributed by atoms with E-state index in [9.17, 15) is 4.79 Å². The molecule has 7 heteroatoms. The van der Waals surface area contributed by atoms with Crippen LogP contribution in [0.2, 0.25) is 0 Å². The topological polar surface area (TPSA) is 76.6 Å². The summed E-state index contributed by atoms with van der Waals surface area (Å²) >= 11 is 0. The van der Waals surface area contributed by atoms with Gasteiger partial charge in [-0.15, -0.1) is 0 Å². The Hall–Kier alpha value is -1.73. The van der Waals surface area contributed by atoms with Crippen LogP contribution >= 0.6 is 0 Å². The number of nitrogens with zero attached hydrogens (tertiary/aromatic N) is 3. The lowest BCUT2D eigenvalue weighted by Crippen LogP contribution is -2.42. The molecule has 1 aromatic rings. The second-order valence-corrected chi connectivity index (χ2v) is 8.32. The van der Waals surface area contributed by atoms with E-state index in [1.165, 1.54) is 0 Å². The van der Waals surface area contributed by atoms with Gasteiger partial charge in [-0.25, -0.2) is 9.97 Å². The molecule has 0 unspecified atom stereocenters. The van der Waals surface area contributed by atoms with E-state index in [-0.39, 0.29) is 24.2 Å². The zero-order chi connectivity index (χ0) is 19.0. The minimum Gasteiger partial charge on any atom is -0.372 e. The van der Waals surface area contributed by atoms with E-state index in [1.807, 2.05) is 19.3 Å². The van der Waals surface area contributed by atoms with Gasteiger partial charge in [0, 0.05) is 43.9 Å². The van der Waals surface area contributed by atoms with Crippen LogP contribution in [0.3, 0.4) is 0 Å². The van der Waals surface area contributed by atoms with E-state index in [1.54, 1.807) is 0 Å². The van der Waals surface area contributed by atoms with Gasteiger partial charge in [-0.3, -0.25) is 4.79 Å². The Morgan fingerprint density at radius 2 is 2.22 bits per heavy atom. The summed E-state index contributed by atoms with van der Waals surface area (Å²) in [6, 6.07) is 0. The first-order chi connectivity index (χ1) is 13.0. The Labute approximate surface area is 160 Å². The van der Waals surface area contributed by atoms with Crippen LogP contribution in [0.15, 0.2) is 12.4 Å². The number of carbonyl (C=O) groups excluding carboxylic acids is 1. The van der Waals surface area contributed by atoms with E-state index < -0.39 is 0 Å². The van der Waals surface area contributed by atoms with Gasteiger partial charge in [0.15, 0.2) is 0 Å². The summed E-state index contributed by atoms with van der Waals surface area (Å²) in [6.45, 7) is 9.27. The first-order valence-electron chi connectivity index (χ1n) is 10.1. The number of ether oxygens (including phenoxy) is 2. The van der Waals surface area contributed by atoms with Crippen molar-refractivity contribution in [1.29, 1.82) is 0 Å². The third kappa shape index (κ3) is 3.43. The molecule has 7 nitrogen and oxygen atoms in total. The number of rotatable bonds is 7. The molecule has 3 fully saturated rings. The fourth-order valence-electron chi connectivity index (χ4n) is 4.89. The third-order valence-corrected chi connectivity index (χ3v) is 6.36. The van der Waals surface area contributed by atoms with Crippen LogP contribution in [0.4, 0.5) is 5.95 Å². The highest BCUT2D eigenvalue weighted by molar-refractivity contribution is 5.77. The summed E-state index contributed by atoms with van der Waals surface area (Å²) in [4.78, 5) is 23.4. The van der Waals surface area contributed by atoms with Crippen molar-refractivity contribution in [2.45, 2.75) is 51.2 Å². The Balaban J connectivity index is 1.42. The lowest BCUT2D eigenvalue weighted by atomic mass is 9.73. The van der Waals surface area contributed by atoms with Crippen LogP contribution < -0.4 is 10.2 Å². The molecule has 0 aliphatic carbocycles. The molecular weight excluding hydrogens is 344 g/mol. The van der Waals surface area contributed by atoms with Crippen molar-refractivity contribution in [2.75, 3.05) is 37.7 Å². The molecule has 0 radical (unpaired) electrons. The van der Waals surface area contributed by atoms with Crippen LogP contribution in [0.25, 0.3) is 0 Å². The number of fused-ring (bicyclic) bond motifs is 1. The number of nitrogens with one attached hydrogen (secondary N) is 1. The van der Waals surface area contributed by atoms with Crippen LogP contribution in [0.5, 0.6) is 0 Å². The number of carbonyl (C=O) groups is 1. The summed E-state index contributed by atoms with van der Waals surface area (Å²) < 4.78 is 11.6. The standard InChI is InChI=1S/C20H30N4O3/c1-4-26-11-18(25)21-9-15-16-10-24(12-20(16)6-5-17(15)27-20)19-22-7-14(8-23-19)13(2)3/h7-8,13,15-17H,4-6,9-12H2,1-3H3,(H,21,25)/t15-,16+,17+,20+/m0/s1. The highest BCUT2D eigenvalue weighted by Crippen LogP contribution is 2.54. The second kappa shape index (κ2) is 7.36.